The van der Waals surface area contributed by atoms with Crippen LogP contribution in [0.2, 0.25) is 0 Å². The highest BCUT2D eigenvalue weighted by atomic mass is 16.5. The van der Waals surface area contributed by atoms with Gasteiger partial charge in [-0.05, 0) is 19.4 Å². The predicted molar refractivity (Wildman–Crippen MR) is 69.0 cm³/mol. The van der Waals surface area contributed by atoms with Crippen LogP contribution >= 0.6 is 0 Å². The van der Waals surface area contributed by atoms with E-state index in [0.717, 1.165) is 4.68 Å². The smallest absolute Gasteiger partial charge is 0.330 e. The summed E-state index contributed by atoms with van der Waals surface area (Å²) >= 11 is 0. The maximum absolute atomic E-state index is 12.1. The Hall–Kier alpha value is -1.98. The highest BCUT2D eigenvalue weighted by Crippen LogP contribution is 2.13. The van der Waals surface area contributed by atoms with Gasteiger partial charge in [-0.25, -0.2) is 9.48 Å². The molecular formula is C13H18N2O4. The number of rotatable bonds is 6. The average Bonchev–Trinajstić information content (AvgIpc) is 2.40. The van der Waals surface area contributed by atoms with Gasteiger partial charge in [0.2, 0.25) is 0 Å². The molecule has 0 saturated heterocycles. The fourth-order valence-electron chi connectivity index (χ4n) is 1.85. The van der Waals surface area contributed by atoms with E-state index in [4.69, 9.17) is 4.74 Å². The fourth-order valence-corrected chi connectivity index (χ4v) is 1.85. The number of carbonyl (C=O) groups is 2. The number of carbonyl (C=O) groups excluding carboxylic acids is 2. The van der Waals surface area contributed by atoms with Crippen LogP contribution < -0.4 is 5.56 Å². The molecule has 0 amide bonds. The van der Waals surface area contributed by atoms with E-state index in [-0.39, 0.29) is 12.0 Å². The molecule has 19 heavy (non-hydrogen) atoms. The van der Waals surface area contributed by atoms with Gasteiger partial charge in [0, 0.05) is 12.0 Å². The zero-order valence-corrected chi connectivity index (χ0v) is 11.4. The Labute approximate surface area is 111 Å². The Kier molecular flexibility index (Phi) is 5.41. The topological polar surface area (TPSA) is 78.3 Å². The van der Waals surface area contributed by atoms with Crippen molar-refractivity contribution >= 4 is 12.3 Å². The first-order valence-electron chi connectivity index (χ1n) is 6.15. The number of nitrogens with zero attached hydrogens (tertiary/aromatic N) is 2. The average molecular weight is 266 g/mol. The molecule has 0 aliphatic rings. The van der Waals surface area contributed by atoms with Crippen molar-refractivity contribution in [3.63, 3.8) is 0 Å². The van der Waals surface area contributed by atoms with Crippen molar-refractivity contribution in [2.24, 2.45) is 0 Å². The highest BCUT2D eigenvalue weighted by Gasteiger charge is 2.23. The number of aromatic nitrogens is 2. The molecule has 0 radical (unpaired) electrons. The lowest BCUT2D eigenvalue weighted by Gasteiger charge is -2.16. The van der Waals surface area contributed by atoms with Gasteiger partial charge in [-0.15, -0.1) is 0 Å². The van der Waals surface area contributed by atoms with Crippen molar-refractivity contribution in [3.05, 3.63) is 27.7 Å². The van der Waals surface area contributed by atoms with Crippen molar-refractivity contribution < 1.29 is 14.3 Å². The van der Waals surface area contributed by atoms with Crippen LogP contribution in [0.1, 0.15) is 37.1 Å². The molecule has 1 rings (SSSR count). The first kappa shape index (κ1) is 15.1. The molecule has 1 aromatic heterocycles. The number of esters is 1. The number of hydrogen-bond donors (Lipinski definition) is 0. The van der Waals surface area contributed by atoms with Crippen molar-refractivity contribution in [3.8, 4) is 0 Å². The monoisotopic (exact) mass is 266 g/mol. The second-order valence-corrected chi connectivity index (χ2v) is 4.27. The number of methoxy groups -OCH3 is 1. The van der Waals surface area contributed by atoms with Crippen molar-refractivity contribution in [2.75, 3.05) is 7.11 Å². The van der Waals surface area contributed by atoms with Gasteiger partial charge in [0.15, 0.2) is 6.04 Å². The van der Waals surface area contributed by atoms with Gasteiger partial charge in [-0.2, -0.15) is 5.10 Å². The van der Waals surface area contributed by atoms with Crippen LogP contribution in [0.15, 0.2) is 10.9 Å². The maximum atomic E-state index is 12.1. The van der Waals surface area contributed by atoms with Crippen LogP contribution in [-0.2, 0) is 20.7 Å². The zero-order chi connectivity index (χ0) is 14.4. The summed E-state index contributed by atoms with van der Waals surface area (Å²) in [7, 11) is 1.28. The molecule has 6 heteroatoms. The van der Waals surface area contributed by atoms with E-state index >= 15 is 0 Å². The Morgan fingerprint density at radius 2 is 2.26 bits per heavy atom. The van der Waals surface area contributed by atoms with Gasteiger partial charge in [0.25, 0.3) is 5.56 Å². The molecule has 0 spiro atoms. The van der Waals surface area contributed by atoms with Crippen LogP contribution in [0.25, 0.3) is 0 Å². The van der Waals surface area contributed by atoms with E-state index < -0.39 is 12.0 Å². The van der Waals surface area contributed by atoms with E-state index in [2.05, 4.69) is 5.10 Å². The number of aldehydes is 1. The minimum atomic E-state index is -0.743. The van der Waals surface area contributed by atoms with Crippen molar-refractivity contribution in [1.29, 1.82) is 0 Å². The molecule has 0 aliphatic carbocycles. The molecule has 6 nitrogen and oxygen atoms in total. The second kappa shape index (κ2) is 6.82. The third kappa shape index (κ3) is 3.49. The van der Waals surface area contributed by atoms with E-state index in [1.807, 2.05) is 6.92 Å². The fraction of sp³-hybridized carbons (Fsp3) is 0.538. The SMILES string of the molecule is CCCC(C(=O)OC)n1nc(CC=O)cc(C)c1=O. The quantitative estimate of drug-likeness (QED) is 0.562. The van der Waals surface area contributed by atoms with Gasteiger partial charge >= 0.3 is 5.97 Å². The highest BCUT2D eigenvalue weighted by molar-refractivity contribution is 5.73. The summed E-state index contributed by atoms with van der Waals surface area (Å²) in [5, 5.41) is 4.08. The van der Waals surface area contributed by atoms with Crippen molar-refractivity contribution in [2.45, 2.75) is 39.2 Å². The molecule has 0 fully saturated rings. The van der Waals surface area contributed by atoms with E-state index in [9.17, 15) is 14.4 Å². The van der Waals surface area contributed by atoms with Crippen LogP contribution in [0, 0.1) is 6.92 Å². The lowest BCUT2D eigenvalue weighted by atomic mass is 10.1. The Morgan fingerprint density at radius 1 is 1.58 bits per heavy atom. The predicted octanol–water partition coefficient (Wildman–Crippen LogP) is 0.807. The molecule has 0 bridgehead atoms. The summed E-state index contributed by atoms with van der Waals surface area (Å²) in [5.41, 5.74) is 0.590. The van der Waals surface area contributed by atoms with Crippen LogP contribution in [0.4, 0.5) is 0 Å². The largest absolute Gasteiger partial charge is 0.467 e. The maximum Gasteiger partial charge on any atom is 0.330 e. The summed E-state index contributed by atoms with van der Waals surface area (Å²) in [5.74, 6) is -0.501. The molecule has 1 heterocycles. The van der Waals surface area contributed by atoms with E-state index in [1.165, 1.54) is 7.11 Å². The number of hydrogen-bond acceptors (Lipinski definition) is 5. The summed E-state index contributed by atoms with van der Waals surface area (Å²) in [6, 6.07) is 0.820. The molecule has 0 saturated carbocycles. The summed E-state index contributed by atoms with van der Waals surface area (Å²) in [6.45, 7) is 3.54. The van der Waals surface area contributed by atoms with E-state index in [0.29, 0.717) is 30.4 Å². The van der Waals surface area contributed by atoms with Gasteiger partial charge in [0.05, 0.1) is 12.8 Å². The minimum Gasteiger partial charge on any atom is -0.467 e. The third-order valence-electron chi connectivity index (χ3n) is 2.79. The Bertz CT molecular complexity index is 522. The number of aryl methyl sites for hydroxylation is 1. The lowest BCUT2D eigenvalue weighted by molar-refractivity contribution is -0.145. The molecule has 0 aromatic carbocycles. The minimum absolute atomic E-state index is 0.112. The summed E-state index contributed by atoms with van der Waals surface area (Å²) < 4.78 is 5.83. The van der Waals surface area contributed by atoms with Crippen molar-refractivity contribution in [1.82, 2.24) is 9.78 Å². The molecule has 1 aromatic rings. The molecule has 1 unspecified atom stereocenters. The first-order valence-corrected chi connectivity index (χ1v) is 6.15. The first-order chi connectivity index (χ1) is 9.04. The van der Waals surface area contributed by atoms with Gasteiger partial charge in [-0.1, -0.05) is 13.3 Å². The van der Waals surface area contributed by atoms with Crippen LogP contribution in [0.3, 0.4) is 0 Å². The third-order valence-corrected chi connectivity index (χ3v) is 2.79. The summed E-state index contributed by atoms with van der Waals surface area (Å²) in [6.07, 6.45) is 2.00. The molecular weight excluding hydrogens is 248 g/mol. The molecule has 0 aliphatic heterocycles. The van der Waals surface area contributed by atoms with Crippen LogP contribution in [-0.4, -0.2) is 29.1 Å². The van der Waals surface area contributed by atoms with Gasteiger partial charge in [-0.3, -0.25) is 4.79 Å². The summed E-state index contributed by atoms with van der Waals surface area (Å²) in [4.78, 5) is 34.4. The molecule has 0 N–H and O–H groups in total. The normalized spacial score (nSPS) is 11.9. The lowest BCUT2D eigenvalue weighted by Crippen LogP contribution is -2.34. The second-order valence-electron chi connectivity index (χ2n) is 4.27. The zero-order valence-electron chi connectivity index (χ0n) is 11.4. The van der Waals surface area contributed by atoms with Gasteiger partial charge in [0.1, 0.15) is 6.29 Å². The van der Waals surface area contributed by atoms with Crippen LogP contribution in [0.5, 0.6) is 0 Å². The molecule has 1 atom stereocenters. The number of ether oxygens (including phenoxy) is 1. The Balaban J connectivity index is 3.31. The standard InChI is InChI=1S/C13H18N2O4/c1-4-5-11(13(18)19-3)15-12(17)9(2)8-10(14-15)6-7-16/h7-8,11H,4-6H2,1-3H3. The van der Waals surface area contributed by atoms with Gasteiger partial charge < -0.3 is 9.53 Å². The van der Waals surface area contributed by atoms with E-state index in [1.54, 1.807) is 13.0 Å². The molecule has 104 valence electrons. The Morgan fingerprint density at radius 3 is 2.79 bits per heavy atom.